The predicted molar refractivity (Wildman–Crippen MR) is 101 cm³/mol. The van der Waals surface area contributed by atoms with Crippen LogP contribution in [0.15, 0.2) is 12.2 Å². The Bertz CT molecular complexity index is 371. The molecule has 2 saturated carbocycles. The predicted octanol–water partition coefficient (Wildman–Crippen LogP) is 6.30. The van der Waals surface area contributed by atoms with Crippen molar-refractivity contribution >= 4 is 5.97 Å². The minimum absolute atomic E-state index is 0.180. The molecule has 2 fully saturated rings. The second-order valence-electron chi connectivity index (χ2n) is 8.06. The molecule has 2 aliphatic carbocycles. The number of rotatable bonds is 8. The lowest BCUT2D eigenvalue weighted by Crippen LogP contribution is -2.25. The molecule has 138 valence electrons. The monoisotopic (exact) mass is 334 g/mol. The van der Waals surface area contributed by atoms with Crippen LogP contribution in [0.3, 0.4) is 0 Å². The number of hydrogen-bond donors (Lipinski definition) is 0. The first-order valence-electron chi connectivity index (χ1n) is 10.6. The van der Waals surface area contributed by atoms with Gasteiger partial charge < -0.3 is 4.74 Å². The van der Waals surface area contributed by atoms with Gasteiger partial charge in [-0.15, -0.1) is 0 Å². The van der Waals surface area contributed by atoms with Crippen LogP contribution in [0.2, 0.25) is 0 Å². The summed E-state index contributed by atoms with van der Waals surface area (Å²) < 4.78 is 4.97. The van der Waals surface area contributed by atoms with Gasteiger partial charge in [0.05, 0.1) is 6.61 Å². The van der Waals surface area contributed by atoms with E-state index in [2.05, 4.69) is 13.0 Å². The van der Waals surface area contributed by atoms with Crippen LogP contribution in [0.1, 0.15) is 90.9 Å². The smallest absolute Gasteiger partial charge is 0.330 e. The molecule has 0 unspecified atom stereocenters. The van der Waals surface area contributed by atoms with Crippen molar-refractivity contribution in [2.24, 2.45) is 23.7 Å². The number of hydrogen-bond acceptors (Lipinski definition) is 2. The van der Waals surface area contributed by atoms with Crippen LogP contribution in [0.25, 0.3) is 0 Å². The van der Waals surface area contributed by atoms with Crippen molar-refractivity contribution in [1.82, 2.24) is 0 Å². The molecule has 0 aromatic rings. The molecule has 0 amide bonds. The molecule has 0 atom stereocenters. The molecule has 0 heterocycles. The zero-order valence-electron chi connectivity index (χ0n) is 16.0. The van der Waals surface area contributed by atoms with E-state index in [1.165, 1.54) is 77.0 Å². The minimum atomic E-state index is -0.180. The first-order valence-corrected chi connectivity index (χ1v) is 10.6. The quantitative estimate of drug-likeness (QED) is 0.296. The van der Waals surface area contributed by atoms with Crippen LogP contribution in [0.4, 0.5) is 0 Å². The standard InChI is InChI=1S/C22H38O2/c1-3-5-6-7-18-8-13-20(14-9-18)21-15-10-19(11-16-21)12-17-22(23)24-4-2/h12,17-21H,3-11,13-16H2,1-2H3/t18-,19-,20-,21-. The summed E-state index contributed by atoms with van der Waals surface area (Å²) in [6.45, 7) is 4.63. The molecular formula is C22H38O2. The molecule has 0 aliphatic heterocycles. The van der Waals surface area contributed by atoms with Gasteiger partial charge in [0, 0.05) is 6.08 Å². The highest BCUT2D eigenvalue weighted by Gasteiger charge is 2.30. The fraction of sp³-hybridized carbons (Fsp3) is 0.864. The van der Waals surface area contributed by atoms with Crippen molar-refractivity contribution in [2.75, 3.05) is 6.61 Å². The van der Waals surface area contributed by atoms with Crippen LogP contribution in [-0.2, 0) is 9.53 Å². The highest BCUT2D eigenvalue weighted by atomic mass is 16.5. The van der Waals surface area contributed by atoms with Gasteiger partial charge >= 0.3 is 5.97 Å². The zero-order valence-corrected chi connectivity index (χ0v) is 16.0. The van der Waals surface area contributed by atoms with Crippen molar-refractivity contribution in [3.63, 3.8) is 0 Å². The fourth-order valence-corrected chi connectivity index (χ4v) is 4.85. The van der Waals surface area contributed by atoms with E-state index in [9.17, 15) is 4.79 Å². The summed E-state index contributed by atoms with van der Waals surface area (Å²) in [6.07, 6.45) is 20.6. The van der Waals surface area contributed by atoms with Gasteiger partial charge in [-0.3, -0.25) is 0 Å². The van der Waals surface area contributed by atoms with E-state index in [1.54, 1.807) is 6.08 Å². The van der Waals surface area contributed by atoms with Gasteiger partial charge in [0.1, 0.15) is 0 Å². The molecule has 0 bridgehead atoms. The fourth-order valence-electron chi connectivity index (χ4n) is 4.85. The third kappa shape index (κ3) is 6.61. The first-order chi connectivity index (χ1) is 11.7. The number of esters is 1. The molecule has 24 heavy (non-hydrogen) atoms. The lowest BCUT2D eigenvalue weighted by molar-refractivity contribution is -0.137. The Balaban J connectivity index is 1.64. The average Bonchev–Trinajstić information content (AvgIpc) is 2.62. The van der Waals surface area contributed by atoms with Crippen LogP contribution < -0.4 is 0 Å². The molecule has 2 heteroatoms. The highest BCUT2D eigenvalue weighted by molar-refractivity contribution is 5.81. The van der Waals surface area contributed by atoms with Crippen molar-refractivity contribution in [1.29, 1.82) is 0 Å². The normalized spacial score (nSPS) is 31.2. The molecule has 0 aromatic heterocycles. The molecule has 0 spiro atoms. The van der Waals surface area contributed by atoms with Gasteiger partial charge in [0.25, 0.3) is 0 Å². The third-order valence-electron chi connectivity index (χ3n) is 6.38. The maximum atomic E-state index is 11.4. The van der Waals surface area contributed by atoms with E-state index < -0.39 is 0 Å². The van der Waals surface area contributed by atoms with Crippen molar-refractivity contribution in [3.8, 4) is 0 Å². The van der Waals surface area contributed by atoms with E-state index in [1.807, 2.05) is 6.92 Å². The summed E-state index contributed by atoms with van der Waals surface area (Å²) in [7, 11) is 0. The molecule has 0 saturated heterocycles. The maximum absolute atomic E-state index is 11.4. The minimum Gasteiger partial charge on any atom is -0.463 e. The molecule has 2 rings (SSSR count). The Morgan fingerprint density at radius 3 is 2.12 bits per heavy atom. The average molecular weight is 335 g/mol. The summed E-state index contributed by atoms with van der Waals surface area (Å²) in [4.78, 5) is 11.4. The lowest BCUT2D eigenvalue weighted by Gasteiger charge is -2.37. The van der Waals surface area contributed by atoms with E-state index in [0.29, 0.717) is 12.5 Å². The second-order valence-corrected chi connectivity index (χ2v) is 8.06. The van der Waals surface area contributed by atoms with Crippen LogP contribution in [0.5, 0.6) is 0 Å². The largest absolute Gasteiger partial charge is 0.463 e. The van der Waals surface area contributed by atoms with Gasteiger partial charge in [0.15, 0.2) is 0 Å². The third-order valence-corrected chi connectivity index (χ3v) is 6.38. The van der Waals surface area contributed by atoms with Crippen molar-refractivity contribution in [3.05, 3.63) is 12.2 Å². The maximum Gasteiger partial charge on any atom is 0.330 e. The topological polar surface area (TPSA) is 26.3 Å². The Hall–Kier alpha value is -0.790. The molecule has 2 aliphatic rings. The molecule has 0 aromatic carbocycles. The van der Waals surface area contributed by atoms with Gasteiger partial charge in [-0.05, 0) is 69.1 Å². The zero-order chi connectivity index (χ0) is 17.2. The summed E-state index contributed by atoms with van der Waals surface area (Å²) in [5, 5.41) is 0. The Kier molecular flexibility index (Phi) is 8.91. The molecular weight excluding hydrogens is 296 g/mol. The Morgan fingerprint density at radius 2 is 1.54 bits per heavy atom. The lowest BCUT2D eigenvalue weighted by atomic mass is 9.68. The summed E-state index contributed by atoms with van der Waals surface area (Å²) >= 11 is 0. The highest BCUT2D eigenvalue weighted by Crippen LogP contribution is 2.42. The Labute approximate surface area is 149 Å². The van der Waals surface area contributed by atoms with E-state index in [4.69, 9.17) is 4.74 Å². The summed E-state index contributed by atoms with van der Waals surface area (Å²) in [5.74, 6) is 3.38. The van der Waals surface area contributed by atoms with Gasteiger partial charge in [-0.2, -0.15) is 0 Å². The Morgan fingerprint density at radius 1 is 0.917 bits per heavy atom. The van der Waals surface area contributed by atoms with E-state index in [0.717, 1.165) is 17.8 Å². The van der Waals surface area contributed by atoms with Crippen LogP contribution in [0, 0.1) is 23.7 Å². The summed E-state index contributed by atoms with van der Waals surface area (Å²) in [5.41, 5.74) is 0. The van der Waals surface area contributed by atoms with E-state index >= 15 is 0 Å². The number of unbranched alkanes of at least 4 members (excludes halogenated alkanes) is 2. The molecule has 2 nitrogen and oxygen atoms in total. The number of ether oxygens (including phenoxy) is 1. The SMILES string of the molecule is CCCCC[C@H]1CC[C@H]([C@H]2CC[C@H](C=CC(=O)OCC)CC2)CC1. The molecule has 0 radical (unpaired) electrons. The van der Waals surface area contributed by atoms with Crippen molar-refractivity contribution in [2.45, 2.75) is 90.9 Å². The van der Waals surface area contributed by atoms with Crippen molar-refractivity contribution < 1.29 is 9.53 Å². The van der Waals surface area contributed by atoms with Crippen LogP contribution in [-0.4, -0.2) is 12.6 Å². The number of carbonyl (C=O) groups excluding carboxylic acids is 1. The first kappa shape index (κ1) is 19.5. The van der Waals surface area contributed by atoms with Gasteiger partial charge in [-0.1, -0.05) is 51.5 Å². The van der Waals surface area contributed by atoms with E-state index in [-0.39, 0.29) is 5.97 Å². The number of allylic oxidation sites excluding steroid dienone is 1. The van der Waals surface area contributed by atoms with Crippen LogP contribution >= 0.6 is 0 Å². The summed E-state index contributed by atoms with van der Waals surface area (Å²) in [6, 6.07) is 0. The van der Waals surface area contributed by atoms with Gasteiger partial charge in [-0.25, -0.2) is 4.79 Å². The molecule has 0 N–H and O–H groups in total. The second kappa shape index (κ2) is 10.9. The van der Waals surface area contributed by atoms with Gasteiger partial charge in [0.2, 0.25) is 0 Å². The number of carbonyl (C=O) groups is 1.